The summed E-state index contributed by atoms with van der Waals surface area (Å²) < 4.78 is 5.25. The molecule has 0 fully saturated rings. The number of aromatic nitrogens is 2. The van der Waals surface area contributed by atoms with Gasteiger partial charge in [-0.1, -0.05) is 11.8 Å². The highest BCUT2D eigenvalue weighted by molar-refractivity contribution is 7.99. The molecule has 0 saturated carbocycles. The van der Waals surface area contributed by atoms with Crippen molar-refractivity contribution in [3.63, 3.8) is 0 Å². The van der Waals surface area contributed by atoms with Gasteiger partial charge in [-0.2, -0.15) is 12.6 Å². The highest BCUT2D eigenvalue weighted by Gasteiger charge is 1.94. The summed E-state index contributed by atoms with van der Waals surface area (Å²) in [5.41, 5.74) is 0. The molecule has 72 valence electrons. The molecule has 0 aliphatic rings. The highest BCUT2D eigenvalue weighted by Crippen LogP contribution is 2.09. The van der Waals surface area contributed by atoms with Crippen molar-refractivity contribution in [2.75, 3.05) is 24.7 Å². The quantitative estimate of drug-likeness (QED) is 0.338. The number of ether oxygens (including phenoxy) is 1. The van der Waals surface area contributed by atoms with Gasteiger partial charge in [0.25, 0.3) is 0 Å². The van der Waals surface area contributed by atoms with Crippen molar-refractivity contribution in [2.45, 2.75) is 5.16 Å². The van der Waals surface area contributed by atoms with E-state index in [9.17, 15) is 0 Å². The summed E-state index contributed by atoms with van der Waals surface area (Å²) in [6, 6.07) is 1.81. The molecule has 0 spiro atoms. The van der Waals surface area contributed by atoms with Gasteiger partial charge in [0, 0.05) is 23.9 Å². The first-order valence-corrected chi connectivity index (χ1v) is 5.63. The smallest absolute Gasteiger partial charge is 0.187 e. The van der Waals surface area contributed by atoms with Gasteiger partial charge in [-0.05, 0) is 6.07 Å². The molecule has 1 heterocycles. The maximum atomic E-state index is 5.25. The summed E-state index contributed by atoms with van der Waals surface area (Å²) in [6.45, 7) is 1.43. The fourth-order valence-corrected chi connectivity index (χ4v) is 1.50. The van der Waals surface area contributed by atoms with E-state index in [-0.39, 0.29) is 0 Å². The van der Waals surface area contributed by atoms with Crippen molar-refractivity contribution in [1.29, 1.82) is 0 Å². The molecule has 0 radical (unpaired) electrons. The Labute approximate surface area is 87.7 Å². The average molecular weight is 216 g/mol. The molecule has 0 bridgehead atoms. The standard InChI is InChI=1S/C8H12N2OS2/c12-6-4-11-5-7-13-8-9-2-1-3-10-8/h1-3,12H,4-7H2. The fourth-order valence-electron chi connectivity index (χ4n) is 0.718. The number of rotatable bonds is 6. The average Bonchev–Trinajstić information content (AvgIpc) is 2.19. The van der Waals surface area contributed by atoms with E-state index < -0.39 is 0 Å². The molecule has 3 nitrogen and oxygen atoms in total. The summed E-state index contributed by atoms with van der Waals surface area (Å²) in [6.07, 6.45) is 3.48. The third kappa shape index (κ3) is 5.13. The molecule has 0 aromatic carbocycles. The zero-order valence-corrected chi connectivity index (χ0v) is 8.93. The first-order chi connectivity index (χ1) is 6.43. The number of thiol groups is 1. The third-order valence-corrected chi connectivity index (χ3v) is 2.26. The van der Waals surface area contributed by atoms with Gasteiger partial charge in [0.05, 0.1) is 13.2 Å². The van der Waals surface area contributed by atoms with E-state index in [4.69, 9.17) is 4.74 Å². The van der Waals surface area contributed by atoms with Crippen molar-refractivity contribution < 1.29 is 4.74 Å². The molecule has 0 amide bonds. The lowest BCUT2D eigenvalue weighted by atomic mass is 10.7. The molecule has 0 N–H and O–H groups in total. The van der Waals surface area contributed by atoms with Gasteiger partial charge in [-0.3, -0.25) is 0 Å². The maximum absolute atomic E-state index is 5.25. The van der Waals surface area contributed by atoms with E-state index in [0.29, 0.717) is 6.61 Å². The molecule has 1 aromatic rings. The van der Waals surface area contributed by atoms with Crippen molar-refractivity contribution in [3.8, 4) is 0 Å². The lowest BCUT2D eigenvalue weighted by Gasteiger charge is -2.00. The van der Waals surface area contributed by atoms with E-state index >= 15 is 0 Å². The van der Waals surface area contributed by atoms with Crippen LogP contribution in [0.4, 0.5) is 0 Å². The van der Waals surface area contributed by atoms with Gasteiger partial charge in [0.15, 0.2) is 5.16 Å². The molecule has 1 rings (SSSR count). The van der Waals surface area contributed by atoms with Crippen LogP contribution in [-0.4, -0.2) is 34.7 Å². The van der Waals surface area contributed by atoms with Crippen LogP contribution in [0.15, 0.2) is 23.6 Å². The number of hydrogen-bond donors (Lipinski definition) is 1. The lowest BCUT2D eigenvalue weighted by molar-refractivity contribution is 0.167. The van der Waals surface area contributed by atoms with Crippen molar-refractivity contribution in [1.82, 2.24) is 9.97 Å². The monoisotopic (exact) mass is 216 g/mol. The minimum Gasteiger partial charge on any atom is -0.380 e. The van der Waals surface area contributed by atoms with Gasteiger partial charge in [-0.25, -0.2) is 9.97 Å². The molecule has 5 heteroatoms. The molecule has 0 saturated heterocycles. The van der Waals surface area contributed by atoms with Crippen LogP contribution in [-0.2, 0) is 4.74 Å². The first kappa shape index (κ1) is 10.8. The molecule has 0 unspecified atom stereocenters. The Morgan fingerprint density at radius 2 is 2.08 bits per heavy atom. The zero-order chi connectivity index (χ0) is 9.36. The Hall–Kier alpha value is -0.260. The topological polar surface area (TPSA) is 35.0 Å². The van der Waals surface area contributed by atoms with Crippen molar-refractivity contribution in [3.05, 3.63) is 18.5 Å². The molecular formula is C8H12N2OS2. The van der Waals surface area contributed by atoms with E-state index in [2.05, 4.69) is 22.6 Å². The van der Waals surface area contributed by atoms with Gasteiger partial charge >= 0.3 is 0 Å². The van der Waals surface area contributed by atoms with Crippen LogP contribution in [0.1, 0.15) is 0 Å². The predicted octanol–water partition coefficient (Wildman–Crippen LogP) is 1.52. The van der Waals surface area contributed by atoms with Gasteiger partial charge in [0.2, 0.25) is 0 Å². The minimum atomic E-state index is 0.708. The number of thioether (sulfide) groups is 1. The van der Waals surface area contributed by atoms with Crippen molar-refractivity contribution >= 4 is 24.4 Å². The second kappa shape index (κ2) is 7.17. The van der Waals surface area contributed by atoms with Gasteiger partial charge < -0.3 is 4.74 Å². The second-order valence-electron chi connectivity index (χ2n) is 2.22. The Morgan fingerprint density at radius 1 is 1.31 bits per heavy atom. The van der Waals surface area contributed by atoms with E-state index in [0.717, 1.165) is 23.3 Å². The highest BCUT2D eigenvalue weighted by atomic mass is 32.2. The largest absolute Gasteiger partial charge is 0.380 e. The molecule has 0 aliphatic heterocycles. The van der Waals surface area contributed by atoms with Crippen LogP contribution in [0.25, 0.3) is 0 Å². The number of nitrogens with zero attached hydrogens (tertiary/aromatic N) is 2. The number of hydrogen-bond acceptors (Lipinski definition) is 5. The van der Waals surface area contributed by atoms with Crippen LogP contribution in [0.2, 0.25) is 0 Å². The Kier molecular flexibility index (Phi) is 5.97. The Bertz CT molecular complexity index is 221. The SMILES string of the molecule is SCCOCCSc1ncccn1. The maximum Gasteiger partial charge on any atom is 0.187 e. The Morgan fingerprint density at radius 3 is 2.77 bits per heavy atom. The first-order valence-electron chi connectivity index (χ1n) is 4.02. The molecular weight excluding hydrogens is 204 g/mol. The predicted molar refractivity (Wildman–Crippen MR) is 57.4 cm³/mol. The van der Waals surface area contributed by atoms with E-state index in [1.807, 2.05) is 6.07 Å². The van der Waals surface area contributed by atoms with Crippen LogP contribution < -0.4 is 0 Å². The lowest BCUT2D eigenvalue weighted by Crippen LogP contribution is -2.00. The third-order valence-electron chi connectivity index (χ3n) is 1.24. The van der Waals surface area contributed by atoms with Crippen LogP contribution in [0, 0.1) is 0 Å². The summed E-state index contributed by atoms with van der Waals surface area (Å²) in [4.78, 5) is 8.16. The second-order valence-corrected chi connectivity index (χ2v) is 3.73. The Balaban J connectivity index is 2.07. The van der Waals surface area contributed by atoms with E-state index in [1.54, 1.807) is 24.2 Å². The van der Waals surface area contributed by atoms with Gasteiger partial charge in [0.1, 0.15) is 0 Å². The van der Waals surface area contributed by atoms with Crippen molar-refractivity contribution in [2.24, 2.45) is 0 Å². The normalized spacial score (nSPS) is 10.2. The summed E-state index contributed by atoms with van der Waals surface area (Å²) in [7, 11) is 0. The molecule has 0 atom stereocenters. The van der Waals surface area contributed by atoms with Crippen LogP contribution in [0.5, 0.6) is 0 Å². The van der Waals surface area contributed by atoms with Crippen LogP contribution in [0.3, 0.4) is 0 Å². The summed E-state index contributed by atoms with van der Waals surface area (Å²) in [5, 5.41) is 0.803. The minimum absolute atomic E-state index is 0.708. The molecule has 1 aromatic heterocycles. The van der Waals surface area contributed by atoms with Crippen LogP contribution >= 0.6 is 24.4 Å². The summed E-state index contributed by atoms with van der Waals surface area (Å²) >= 11 is 5.63. The zero-order valence-electron chi connectivity index (χ0n) is 7.22. The van der Waals surface area contributed by atoms with E-state index in [1.165, 1.54) is 0 Å². The summed E-state index contributed by atoms with van der Waals surface area (Å²) in [5.74, 6) is 1.66. The molecule has 13 heavy (non-hydrogen) atoms. The molecule has 0 aliphatic carbocycles. The fraction of sp³-hybridized carbons (Fsp3) is 0.500. The van der Waals surface area contributed by atoms with Gasteiger partial charge in [-0.15, -0.1) is 0 Å².